The van der Waals surface area contributed by atoms with Crippen molar-refractivity contribution in [3.05, 3.63) is 16.8 Å². The van der Waals surface area contributed by atoms with Crippen molar-refractivity contribution in [2.45, 2.75) is 0 Å². The molecule has 0 amide bonds. The van der Waals surface area contributed by atoms with Crippen LogP contribution in [0.5, 0.6) is 0 Å². The molecule has 0 aliphatic carbocycles. The Labute approximate surface area is 97.1 Å². The Balaban J connectivity index is 2.13. The van der Waals surface area contributed by atoms with Crippen LogP contribution in [0, 0.1) is 0 Å². The van der Waals surface area contributed by atoms with Crippen molar-refractivity contribution in [1.29, 1.82) is 0 Å². The lowest BCUT2D eigenvalue weighted by Gasteiger charge is -2.21. The molecule has 0 N–H and O–H groups in total. The Bertz CT molecular complexity index is 374. The van der Waals surface area contributed by atoms with Crippen molar-refractivity contribution in [3.8, 4) is 0 Å². The fourth-order valence-corrected chi connectivity index (χ4v) is 2.04. The van der Waals surface area contributed by atoms with E-state index in [2.05, 4.69) is 0 Å². The van der Waals surface area contributed by atoms with Gasteiger partial charge in [0.1, 0.15) is 0 Å². The second-order valence-corrected chi connectivity index (χ2v) is 4.32. The molecule has 2 heterocycles. The first-order valence-electron chi connectivity index (χ1n) is 4.75. The minimum Gasteiger partial charge on any atom is -0.494 e. The largest absolute Gasteiger partial charge is 0.637 e. The Hall–Kier alpha value is -1.34. The zero-order valence-corrected chi connectivity index (χ0v) is 9.53. The van der Waals surface area contributed by atoms with Gasteiger partial charge < -0.3 is 9.31 Å². The van der Waals surface area contributed by atoms with Crippen LogP contribution in [0.3, 0.4) is 0 Å². The quantitative estimate of drug-likeness (QED) is 0.617. The van der Waals surface area contributed by atoms with Crippen LogP contribution in [-0.4, -0.2) is 44.1 Å². The van der Waals surface area contributed by atoms with E-state index >= 15 is 0 Å². The number of likely N-dealkylation sites (N-methyl/N-ethyl adjacent to an activating group) is 1. The van der Waals surface area contributed by atoms with Gasteiger partial charge in [0.15, 0.2) is 0 Å². The predicted octanol–water partition coefficient (Wildman–Crippen LogP) is -0.525. The number of hydrogen-bond acceptors (Lipinski definition) is 6. The highest BCUT2D eigenvalue weighted by atomic mass is 32.1. The van der Waals surface area contributed by atoms with Crippen LogP contribution in [0.1, 0.15) is 0 Å². The first-order valence-corrected chi connectivity index (χ1v) is 5.69. The van der Waals surface area contributed by atoms with Gasteiger partial charge >= 0.3 is 19.1 Å². The summed E-state index contributed by atoms with van der Waals surface area (Å²) in [5, 5.41) is 3.62. The van der Waals surface area contributed by atoms with Crippen molar-refractivity contribution in [1.82, 2.24) is 4.90 Å². The average Bonchev–Trinajstić information content (AvgIpc) is 2.66. The van der Waals surface area contributed by atoms with E-state index < -0.39 is 19.1 Å². The Kier molecular flexibility index (Phi) is 3.26. The second-order valence-electron chi connectivity index (χ2n) is 3.54. The van der Waals surface area contributed by atoms with Gasteiger partial charge in [-0.1, -0.05) is 0 Å². The molecule has 0 aromatic carbocycles. The molecule has 1 fully saturated rings. The molecule has 7 heteroatoms. The van der Waals surface area contributed by atoms with Crippen LogP contribution in [0.25, 0.3) is 0 Å². The molecule has 0 radical (unpaired) electrons. The van der Waals surface area contributed by atoms with E-state index in [1.54, 1.807) is 23.4 Å². The van der Waals surface area contributed by atoms with Gasteiger partial charge in [-0.3, -0.25) is 14.5 Å². The smallest absolute Gasteiger partial charge is 0.494 e. The molecular weight excluding hydrogens is 229 g/mol. The van der Waals surface area contributed by atoms with Crippen LogP contribution < -0.4 is 5.46 Å². The van der Waals surface area contributed by atoms with Crippen LogP contribution in [0.2, 0.25) is 0 Å². The summed E-state index contributed by atoms with van der Waals surface area (Å²) in [5.41, 5.74) is 0.691. The van der Waals surface area contributed by atoms with Gasteiger partial charge in [0.25, 0.3) is 0 Å². The molecule has 1 aromatic heterocycles. The lowest BCUT2D eigenvalue weighted by molar-refractivity contribution is -0.145. The molecule has 1 aliphatic rings. The minimum absolute atomic E-state index is 0.0930. The van der Waals surface area contributed by atoms with Crippen LogP contribution in [0.15, 0.2) is 16.8 Å². The normalized spacial score (nSPS) is 18.7. The van der Waals surface area contributed by atoms with Crippen molar-refractivity contribution in [2.75, 3.05) is 20.1 Å². The molecule has 0 bridgehead atoms. The Morgan fingerprint density at radius 3 is 2.44 bits per heavy atom. The van der Waals surface area contributed by atoms with E-state index in [4.69, 9.17) is 9.31 Å². The number of nitrogens with zero attached hydrogens (tertiary/aromatic N) is 1. The number of thiophene rings is 1. The summed E-state index contributed by atoms with van der Waals surface area (Å²) in [6, 6.07) is 1.77. The van der Waals surface area contributed by atoms with E-state index in [0.717, 1.165) is 0 Å². The van der Waals surface area contributed by atoms with Crippen LogP contribution >= 0.6 is 11.3 Å². The predicted molar refractivity (Wildman–Crippen MR) is 59.4 cm³/mol. The molecule has 5 nitrogen and oxygen atoms in total. The van der Waals surface area contributed by atoms with Gasteiger partial charge in [-0.05, 0) is 23.9 Å². The summed E-state index contributed by atoms with van der Waals surface area (Å²) in [7, 11) is 0.757. The highest BCUT2D eigenvalue weighted by Crippen LogP contribution is 2.03. The molecule has 2 rings (SSSR count). The number of carbonyl (C=O) groups is 2. The van der Waals surface area contributed by atoms with Gasteiger partial charge in [-0.25, -0.2) is 0 Å². The molecule has 0 saturated carbocycles. The highest BCUT2D eigenvalue weighted by molar-refractivity contribution is 7.09. The van der Waals surface area contributed by atoms with Crippen molar-refractivity contribution >= 4 is 35.9 Å². The van der Waals surface area contributed by atoms with Crippen molar-refractivity contribution < 1.29 is 18.9 Å². The number of rotatable bonds is 1. The first kappa shape index (κ1) is 11.2. The molecular formula is C9H10BNO4S. The monoisotopic (exact) mass is 239 g/mol. The Morgan fingerprint density at radius 2 is 1.94 bits per heavy atom. The maximum absolute atomic E-state index is 11.4. The molecule has 1 aliphatic heterocycles. The molecule has 84 valence electrons. The SMILES string of the molecule is CN1CC(=O)OB(c2ccsc2)OC(=O)C1. The van der Waals surface area contributed by atoms with E-state index in [1.165, 1.54) is 11.3 Å². The summed E-state index contributed by atoms with van der Waals surface area (Å²) < 4.78 is 10.1. The van der Waals surface area contributed by atoms with E-state index in [9.17, 15) is 9.59 Å². The molecule has 16 heavy (non-hydrogen) atoms. The first-order chi connectivity index (χ1) is 7.65. The number of carbonyl (C=O) groups excluding carboxylic acids is 2. The van der Waals surface area contributed by atoms with E-state index in [0.29, 0.717) is 5.46 Å². The zero-order valence-electron chi connectivity index (χ0n) is 8.71. The molecule has 0 unspecified atom stereocenters. The summed E-state index contributed by atoms with van der Waals surface area (Å²) in [6.07, 6.45) is 0. The third-order valence-corrected chi connectivity index (χ3v) is 2.79. The average molecular weight is 239 g/mol. The summed E-state index contributed by atoms with van der Waals surface area (Å²) in [6.45, 7) is 0.186. The lowest BCUT2D eigenvalue weighted by atomic mass is 9.81. The van der Waals surface area contributed by atoms with Crippen LogP contribution in [0.4, 0.5) is 0 Å². The van der Waals surface area contributed by atoms with Gasteiger partial charge in [0.2, 0.25) is 0 Å². The lowest BCUT2D eigenvalue weighted by Crippen LogP contribution is -2.47. The number of hydrogen-bond donors (Lipinski definition) is 0. The van der Waals surface area contributed by atoms with Gasteiger partial charge in [0, 0.05) is 5.46 Å². The Morgan fingerprint density at radius 1 is 1.31 bits per heavy atom. The zero-order chi connectivity index (χ0) is 11.5. The van der Waals surface area contributed by atoms with Crippen molar-refractivity contribution in [2.24, 2.45) is 0 Å². The summed E-state index contributed by atoms with van der Waals surface area (Å²) in [4.78, 5) is 24.4. The van der Waals surface area contributed by atoms with Gasteiger partial charge in [-0.2, -0.15) is 11.3 Å². The fourth-order valence-electron chi connectivity index (χ4n) is 1.38. The molecule has 1 aromatic rings. The highest BCUT2D eigenvalue weighted by Gasteiger charge is 2.33. The third kappa shape index (κ3) is 2.62. The van der Waals surface area contributed by atoms with Gasteiger partial charge in [0.05, 0.1) is 13.1 Å². The van der Waals surface area contributed by atoms with Crippen molar-refractivity contribution in [3.63, 3.8) is 0 Å². The fraction of sp³-hybridized carbons (Fsp3) is 0.333. The van der Waals surface area contributed by atoms with Crippen LogP contribution in [-0.2, 0) is 18.9 Å². The third-order valence-electron chi connectivity index (χ3n) is 2.09. The maximum Gasteiger partial charge on any atom is 0.637 e. The minimum atomic E-state index is -0.903. The summed E-state index contributed by atoms with van der Waals surface area (Å²) >= 11 is 1.46. The van der Waals surface area contributed by atoms with Gasteiger partial charge in [-0.15, -0.1) is 0 Å². The molecule has 0 atom stereocenters. The van der Waals surface area contributed by atoms with E-state index in [-0.39, 0.29) is 13.1 Å². The summed E-state index contributed by atoms with van der Waals surface area (Å²) in [5.74, 6) is -0.794. The standard InChI is InChI=1S/C9H10BNO4S/c1-11-4-8(12)14-10(15-9(13)5-11)7-2-3-16-6-7/h2-3,6H,4-5H2,1H3. The van der Waals surface area contributed by atoms with E-state index in [1.807, 2.05) is 5.38 Å². The molecule has 1 saturated heterocycles. The molecule has 0 spiro atoms. The topological polar surface area (TPSA) is 55.8 Å². The maximum atomic E-state index is 11.4. The second kappa shape index (κ2) is 4.67.